The van der Waals surface area contributed by atoms with Crippen molar-refractivity contribution in [3.8, 4) is 0 Å². The number of rotatable bonds is 2. The first kappa shape index (κ1) is 10.1. The van der Waals surface area contributed by atoms with E-state index in [1.165, 1.54) is 0 Å². The van der Waals surface area contributed by atoms with E-state index in [0.717, 1.165) is 23.1 Å². The van der Waals surface area contributed by atoms with Gasteiger partial charge in [-0.25, -0.2) is 4.79 Å². The molecule has 0 amide bonds. The topological polar surface area (TPSA) is 40.5 Å². The highest BCUT2D eigenvalue weighted by Gasteiger charge is 2.55. The molecule has 4 heteroatoms. The number of carboxylic acid groups (broad SMARTS) is 1. The fourth-order valence-corrected chi connectivity index (χ4v) is 3.23. The number of hydrogen-bond donors (Lipinski definition) is 1. The number of nitrogens with zero attached hydrogens (tertiary/aromatic N) is 1. The minimum Gasteiger partial charge on any atom is -0.480 e. The van der Waals surface area contributed by atoms with Crippen LogP contribution in [0.1, 0.15) is 6.42 Å². The summed E-state index contributed by atoms with van der Waals surface area (Å²) in [6.07, 6.45) is 1.08. The number of piperidine rings is 1. The number of para-hydroxylation sites is 1. The molecular weight excluding hydrogens is 270 g/mol. The van der Waals surface area contributed by atoms with E-state index in [-0.39, 0.29) is 6.04 Å². The number of fused-ring (bicyclic) bond motifs is 1. The quantitative estimate of drug-likeness (QED) is 0.905. The van der Waals surface area contributed by atoms with E-state index in [1.807, 2.05) is 29.2 Å². The average Bonchev–Trinajstić information content (AvgIpc) is 2.89. The van der Waals surface area contributed by atoms with E-state index in [2.05, 4.69) is 15.9 Å². The van der Waals surface area contributed by atoms with Crippen molar-refractivity contribution >= 4 is 27.6 Å². The van der Waals surface area contributed by atoms with Gasteiger partial charge in [-0.2, -0.15) is 0 Å². The van der Waals surface area contributed by atoms with Crippen LogP contribution < -0.4 is 4.90 Å². The van der Waals surface area contributed by atoms with Gasteiger partial charge in [-0.15, -0.1) is 0 Å². The summed E-state index contributed by atoms with van der Waals surface area (Å²) in [5.74, 6) is 0.263. The fourth-order valence-electron chi connectivity index (χ4n) is 2.71. The van der Waals surface area contributed by atoms with Crippen LogP contribution in [0.3, 0.4) is 0 Å². The lowest BCUT2D eigenvalue weighted by molar-refractivity contribution is -0.138. The van der Waals surface area contributed by atoms with E-state index in [0.29, 0.717) is 11.8 Å². The molecule has 0 bridgehead atoms. The van der Waals surface area contributed by atoms with E-state index in [1.54, 1.807) is 0 Å². The van der Waals surface area contributed by atoms with Crippen LogP contribution in [0.5, 0.6) is 0 Å². The number of carboxylic acids is 1. The highest BCUT2D eigenvalue weighted by Crippen LogP contribution is 2.51. The monoisotopic (exact) mass is 281 g/mol. The van der Waals surface area contributed by atoms with Gasteiger partial charge in [0.05, 0.1) is 5.69 Å². The molecule has 3 nitrogen and oxygen atoms in total. The molecule has 84 valence electrons. The first-order valence-electron chi connectivity index (χ1n) is 5.42. The maximum Gasteiger partial charge on any atom is 0.326 e. The van der Waals surface area contributed by atoms with E-state index >= 15 is 0 Å². The lowest BCUT2D eigenvalue weighted by Crippen LogP contribution is -2.39. The first-order chi connectivity index (χ1) is 7.68. The van der Waals surface area contributed by atoms with Gasteiger partial charge in [0.15, 0.2) is 0 Å². The Balaban J connectivity index is 1.96. The zero-order valence-electron chi connectivity index (χ0n) is 8.64. The SMILES string of the molecule is O=C(O)C1C2CC2CN1c1ccccc1Br. The Kier molecular flexibility index (Phi) is 2.21. The Hall–Kier alpha value is -1.03. The van der Waals surface area contributed by atoms with Crippen LogP contribution in [0.2, 0.25) is 0 Å². The van der Waals surface area contributed by atoms with Gasteiger partial charge in [0.2, 0.25) is 0 Å². The number of aliphatic carboxylic acids is 1. The fraction of sp³-hybridized carbons (Fsp3) is 0.417. The predicted octanol–water partition coefficient (Wildman–Crippen LogP) is 2.36. The zero-order valence-corrected chi connectivity index (χ0v) is 10.2. The van der Waals surface area contributed by atoms with Gasteiger partial charge in [-0.05, 0) is 46.3 Å². The van der Waals surface area contributed by atoms with E-state index in [4.69, 9.17) is 0 Å². The highest BCUT2D eigenvalue weighted by molar-refractivity contribution is 9.10. The molecule has 1 saturated heterocycles. The molecule has 0 radical (unpaired) electrons. The molecule has 1 aliphatic heterocycles. The predicted molar refractivity (Wildman–Crippen MR) is 64.5 cm³/mol. The lowest BCUT2D eigenvalue weighted by atomic mass is 10.1. The van der Waals surface area contributed by atoms with Gasteiger partial charge in [0.25, 0.3) is 0 Å². The van der Waals surface area contributed by atoms with Crippen LogP contribution >= 0.6 is 15.9 Å². The largest absolute Gasteiger partial charge is 0.480 e. The summed E-state index contributed by atoms with van der Waals surface area (Å²) in [4.78, 5) is 13.3. The summed E-state index contributed by atoms with van der Waals surface area (Å²) in [7, 11) is 0. The molecular formula is C12H12BrNO2. The number of benzene rings is 1. The summed E-state index contributed by atoms with van der Waals surface area (Å²) >= 11 is 3.48. The Morgan fingerprint density at radius 3 is 2.88 bits per heavy atom. The minimum absolute atomic E-state index is 0.330. The average molecular weight is 282 g/mol. The molecule has 1 heterocycles. The Morgan fingerprint density at radius 1 is 1.44 bits per heavy atom. The van der Waals surface area contributed by atoms with Crippen LogP contribution in [0.25, 0.3) is 0 Å². The molecule has 3 atom stereocenters. The van der Waals surface area contributed by atoms with Gasteiger partial charge in [-0.1, -0.05) is 12.1 Å². The molecule has 2 fully saturated rings. The number of anilines is 1. The van der Waals surface area contributed by atoms with Crippen molar-refractivity contribution in [2.24, 2.45) is 11.8 Å². The van der Waals surface area contributed by atoms with Crippen molar-refractivity contribution in [1.82, 2.24) is 0 Å². The van der Waals surface area contributed by atoms with Crippen LogP contribution in [-0.4, -0.2) is 23.7 Å². The van der Waals surface area contributed by atoms with Crippen molar-refractivity contribution in [2.75, 3.05) is 11.4 Å². The third-order valence-electron chi connectivity index (χ3n) is 3.56. The molecule has 2 aliphatic rings. The molecule has 3 rings (SSSR count). The van der Waals surface area contributed by atoms with Crippen LogP contribution in [0.4, 0.5) is 5.69 Å². The molecule has 1 aromatic rings. The van der Waals surface area contributed by atoms with Crippen LogP contribution in [0, 0.1) is 11.8 Å². The number of halogens is 1. The molecule has 1 aromatic carbocycles. The molecule has 0 aromatic heterocycles. The van der Waals surface area contributed by atoms with Crippen molar-refractivity contribution in [2.45, 2.75) is 12.5 Å². The molecule has 1 aliphatic carbocycles. The van der Waals surface area contributed by atoms with Gasteiger partial charge in [0.1, 0.15) is 6.04 Å². The third-order valence-corrected chi connectivity index (χ3v) is 4.24. The molecule has 0 spiro atoms. The van der Waals surface area contributed by atoms with Crippen molar-refractivity contribution in [1.29, 1.82) is 0 Å². The minimum atomic E-state index is -0.694. The molecule has 1 saturated carbocycles. The van der Waals surface area contributed by atoms with Gasteiger partial charge < -0.3 is 10.0 Å². The zero-order chi connectivity index (χ0) is 11.3. The number of carbonyl (C=O) groups is 1. The van der Waals surface area contributed by atoms with Crippen LogP contribution in [0.15, 0.2) is 28.7 Å². The van der Waals surface area contributed by atoms with Crippen molar-refractivity contribution in [3.05, 3.63) is 28.7 Å². The third kappa shape index (κ3) is 1.44. The molecule has 16 heavy (non-hydrogen) atoms. The summed E-state index contributed by atoms with van der Waals surface area (Å²) in [6, 6.07) is 7.50. The van der Waals surface area contributed by atoms with Gasteiger partial charge in [-0.3, -0.25) is 0 Å². The summed E-state index contributed by atoms with van der Waals surface area (Å²) in [5.41, 5.74) is 1.00. The summed E-state index contributed by atoms with van der Waals surface area (Å²) in [5, 5.41) is 9.28. The second-order valence-corrected chi connectivity index (χ2v) is 5.40. The summed E-state index contributed by atoms with van der Waals surface area (Å²) in [6.45, 7) is 0.879. The Bertz CT molecular complexity index is 448. The maximum absolute atomic E-state index is 11.3. The summed E-state index contributed by atoms with van der Waals surface area (Å²) < 4.78 is 0.975. The maximum atomic E-state index is 11.3. The smallest absolute Gasteiger partial charge is 0.326 e. The van der Waals surface area contributed by atoms with Crippen molar-refractivity contribution in [3.63, 3.8) is 0 Å². The standard InChI is InChI=1S/C12H12BrNO2/c13-9-3-1-2-4-10(9)14-6-7-5-8(7)11(14)12(15)16/h1-4,7-8,11H,5-6H2,(H,15,16). The van der Waals surface area contributed by atoms with E-state index < -0.39 is 5.97 Å². The van der Waals surface area contributed by atoms with Crippen molar-refractivity contribution < 1.29 is 9.90 Å². The van der Waals surface area contributed by atoms with E-state index in [9.17, 15) is 9.90 Å². The lowest BCUT2D eigenvalue weighted by Gasteiger charge is -2.27. The Labute approximate surface area is 102 Å². The second-order valence-electron chi connectivity index (χ2n) is 4.55. The Morgan fingerprint density at radius 2 is 2.19 bits per heavy atom. The van der Waals surface area contributed by atoms with Crippen LogP contribution in [-0.2, 0) is 4.79 Å². The highest BCUT2D eigenvalue weighted by atomic mass is 79.9. The molecule has 1 N–H and O–H groups in total. The van der Waals surface area contributed by atoms with Gasteiger partial charge >= 0.3 is 5.97 Å². The second kappa shape index (κ2) is 3.48. The molecule has 3 unspecified atom stereocenters. The first-order valence-corrected chi connectivity index (χ1v) is 6.22. The normalized spacial score (nSPS) is 31.3. The van der Waals surface area contributed by atoms with Gasteiger partial charge in [0, 0.05) is 11.0 Å². The number of hydrogen-bond acceptors (Lipinski definition) is 2.